The van der Waals surface area contributed by atoms with Gasteiger partial charge in [-0.25, -0.2) is 0 Å². The van der Waals surface area contributed by atoms with Gasteiger partial charge in [0.2, 0.25) is 0 Å². The van der Waals surface area contributed by atoms with Crippen LogP contribution in [0.25, 0.3) is 0 Å². The Morgan fingerprint density at radius 1 is 1.62 bits per heavy atom. The molecule has 4 heteroatoms. The lowest BCUT2D eigenvalue weighted by atomic mass is 10.2. The molecular weight excluding hydrogens is 204 g/mol. The van der Waals surface area contributed by atoms with Crippen molar-refractivity contribution < 1.29 is 9.53 Å². The first-order valence-electron chi connectivity index (χ1n) is 6.24. The maximum absolute atomic E-state index is 12.0. The molecule has 1 rings (SSSR count). The van der Waals surface area contributed by atoms with Crippen molar-refractivity contribution in [2.24, 2.45) is 0 Å². The molecule has 0 bridgehead atoms. The van der Waals surface area contributed by atoms with Crippen LogP contribution in [-0.2, 0) is 9.53 Å². The minimum absolute atomic E-state index is 0.109. The van der Waals surface area contributed by atoms with Crippen LogP contribution < -0.4 is 5.32 Å². The molecule has 0 spiro atoms. The molecule has 1 saturated heterocycles. The first-order chi connectivity index (χ1) is 7.69. The maximum Gasteiger partial charge on any atom is 0.251 e. The number of carbonyl (C=O) groups excluding carboxylic acids is 1. The van der Waals surface area contributed by atoms with Gasteiger partial charge in [0.25, 0.3) is 5.91 Å². The van der Waals surface area contributed by atoms with Crippen LogP contribution in [0.5, 0.6) is 0 Å². The molecule has 1 heterocycles. The van der Waals surface area contributed by atoms with E-state index in [-0.39, 0.29) is 12.0 Å². The van der Waals surface area contributed by atoms with E-state index in [1.165, 1.54) is 12.8 Å². The molecule has 1 aliphatic heterocycles. The van der Waals surface area contributed by atoms with E-state index in [1.54, 1.807) is 7.11 Å². The van der Waals surface area contributed by atoms with Crippen LogP contribution >= 0.6 is 0 Å². The molecule has 0 saturated carbocycles. The molecular formula is C12H24N2O2. The summed E-state index contributed by atoms with van der Waals surface area (Å²) in [4.78, 5) is 14.0. The zero-order valence-corrected chi connectivity index (χ0v) is 10.7. The van der Waals surface area contributed by atoms with Gasteiger partial charge in [-0.15, -0.1) is 0 Å². The standard InChI is InChI=1S/C12H24N2O2/c1-4-8-14(12(15)10(2)16-3)9-11-6-5-7-13-11/h10-11,13H,4-9H2,1-3H3. The van der Waals surface area contributed by atoms with Gasteiger partial charge in [-0.1, -0.05) is 6.92 Å². The lowest BCUT2D eigenvalue weighted by Crippen LogP contribution is -2.45. The quantitative estimate of drug-likeness (QED) is 0.738. The first kappa shape index (κ1) is 13.5. The Morgan fingerprint density at radius 3 is 2.88 bits per heavy atom. The molecule has 2 unspecified atom stereocenters. The van der Waals surface area contributed by atoms with Crippen molar-refractivity contribution in [3.8, 4) is 0 Å². The number of amides is 1. The van der Waals surface area contributed by atoms with E-state index in [4.69, 9.17) is 4.74 Å². The van der Waals surface area contributed by atoms with E-state index >= 15 is 0 Å². The highest BCUT2D eigenvalue weighted by molar-refractivity contribution is 5.80. The predicted octanol–water partition coefficient (Wildman–Crippen LogP) is 1.01. The number of nitrogens with one attached hydrogen (secondary N) is 1. The van der Waals surface area contributed by atoms with Gasteiger partial charge >= 0.3 is 0 Å². The van der Waals surface area contributed by atoms with E-state index < -0.39 is 0 Å². The SMILES string of the molecule is CCCN(CC1CCCN1)C(=O)C(C)OC. The van der Waals surface area contributed by atoms with E-state index in [2.05, 4.69) is 12.2 Å². The van der Waals surface area contributed by atoms with Gasteiger partial charge in [-0.2, -0.15) is 0 Å². The third kappa shape index (κ3) is 3.76. The first-order valence-corrected chi connectivity index (χ1v) is 6.24. The summed E-state index contributed by atoms with van der Waals surface area (Å²) < 4.78 is 5.09. The molecule has 1 amide bonds. The Bertz CT molecular complexity index is 215. The van der Waals surface area contributed by atoms with Crippen LogP contribution in [0.2, 0.25) is 0 Å². The van der Waals surface area contributed by atoms with Gasteiger partial charge in [0.05, 0.1) is 0 Å². The van der Waals surface area contributed by atoms with E-state index in [0.717, 1.165) is 26.1 Å². The highest BCUT2D eigenvalue weighted by Gasteiger charge is 2.24. The Hall–Kier alpha value is -0.610. The third-order valence-corrected chi connectivity index (χ3v) is 3.11. The zero-order chi connectivity index (χ0) is 12.0. The summed E-state index contributed by atoms with van der Waals surface area (Å²) >= 11 is 0. The Morgan fingerprint density at radius 2 is 2.38 bits per heavy atom. The zero-order valence-electron chi connectivity index (χ0n) is 10.7. The lowest BCUT2D eigenvalue weighted by Gasteiger charge is -2.27. The van der Waals surface area contributed by atoms with Crippen molar-refractivity contribution in [2.45, 2.75) is 45.3 Å². The molecule has 0 aromatic rings. The Balaban J connectivity index is 2.48. The van der Waals surface area contributed by atoms with Crippen molar-refractivity contribution >= 4 is 5.91 Å². The largest absolute Gasteiger partial charge is 0.372 e. The number of methoxy groups -OCH3 is 1. The van der Waals surface area contributed by atoms with Crippen LogP contribution in [0, 0.1) is 0 Å². The molecule has 2 atom stereocenters. The second kappa shape index (κ2) is 6.86. The molecule has 0 aromatic heterocycles. The fourth-order valence-electron chi connectivity index (χ4n) is 2.10. The lowest BCUT2D eigenvalue weighted by molar-refractivity contribution is -0.141. The van der Waals surface area contributed by atoms with Gasteiger partial charge in [-0.05, 0) is 32.7 Å². The number of hydrogen-bond acceptors (Lipinski definition) is 3. The topological polar surface area (TPSA) is 41.6 Å². The van der Waals surface area contributed by atoms with Gasteiger partial charge in [0.15, 0.2) is 0 Å². The van der Waals surface area contributed by atoms with Gasteiger partial charge in [-0.3, -0.25) is 4.79 Å². The molecule has 4 nitrogen and oxygen atoms in total. The van der Waals surface area contributed by atoms with Gasteiger partial charge in [0.1, 0.15) is 6.10 Å². The van der Waals surface area contributed by atoms with Gasteiger partial charge < -0.3 is 15.0 Å². The summed E-state index contributed by atoms with van der Waals surface area (Å²) in [6, 6.07) is 0.472. The van der Waals surface area contributed by atoms with Gasteiger partial charge in [0, 0.05) is 26.2 Å². The number of nitrogens with zero attached hydrogens (tertiary/aromatic N) is 1. The van der Waals surface area contributed by atoms with Crippen LogP contribution in [-0.4, -0.2) is 49.7 Å². The normalized spacial score (nSPS) is 22.1. The number of hydrogen-bond donors (Lipinski definition) is 1. The van der Waals surface area contributed by atoms with Crippen LogP contribution in [0.15, 0.2) is 0 Å². The summed E-state index contributed by atoms with van der Waals surface area (Å²) in [5.41, 5.74) is 0. The van der Waals surface area contributed by atoms with Crippen molar-refractivity contribution in [3.05, 3.63) is 0 Å². The Labute approximate surface area is 98.3 Å². The van der Waals surface area contributed by atoms with Crippen molar-refractivity contribution in [1.29, 1.82) is 0 Å². The minimum atomic E-state index is -0.326. The minimum Gasteiger partial charge on any atom is -0.372 e. The molecule has 94 valence electrons. The fraction of sp³-hybridized carbons (Fsp3) is 0.917. The number of ether oxygens (including phenoxy) is 1. The molecule has 0 aromatic carbocycles. The van der Waals surface area contributed by atoms with E-state index in [9.17, 15) is 4.79 Å². The second-order valence-electron chi connectivity index (χ2n) is 4.46. The average Bonchev–Trinajstić information content (AvgIpc) is 2.79. The summed E-state index contributed by atoms with van der Waals surface area (Å²) in [6.45, 7) is 6.64. The van der Waals surface area contributed by atoms with Crippen LogP contribution in [0.1, 0.15) is 33.1 Å². The molecule has 0 radical (unpaired) electrons. The van der Waals surface area contributed by atoms with Crippen molar-refractivity contribution in [3.63, 3.8) is 0 Å². The van der Waals surface area contributed by atoms with Crippen LogP contribution in [0.3, 0.4) is 0 Å². The number of rotatable bonds is 6. The fourth-order valence-corrected chi connectivity index (χ4v) is 2.10. The maximum atomic E-state index is 12.0. The highest BCUT2D eigenvalue weighted by Crippen LogP contribution is 2.09. The molecule has 1 N–H and O–H groups in total. The summed E-state index contributed by atoms with van der Waals surface area (Å²) in [5.74, 6) is 0.109. The predicted molar refractivity (Wildman–Crippen MR) is 64.4 cm³/mol. The number of carbonyl (C=O) groups is 1. The molecule has 1 aliphatic rings. The molecule has 16 heavy (non-hydrogen) atoms. The second-order valence-corrected chi connectivity index (χ2v) is 4.46. The monoisotopic (exact) mass is 228 g/mol. The summed E-state index contributed by atoms with van der Waals surface area (Å²) in [6.07, 6.45) is 3.07. The highest BCUT2D eigenvalue weighted by atomic mass is 16.5. The third-order valence-electron chi connectivity index (χ3n) is 3.11. The van der Waals surface area contributed by atoms with Crippen molar-refractivity contribution in [2.75, 3.05) is 26.7 Å². The summed E-state index contributed by atoms with van der Waals surface area (Å²) in [7, 11) is 1.58. The summed E-state index contributed by atoms with van der Waals surface area (Å²) in [5, 5.41) is 3.42. The van der Waals surface area contributed by atoms with E-state index in [0.29, 0.717) is 6.04 Å². The Kier molecular flexibility index (Phi) is 5.77. The van der Waals surface area contributed by atoms with Crippen LogP contribution in [0.4, 0.5) is 0 Å². The van der Waals surface area contributed by atoms with E-state index in [1.807, 2.05) is 11.8 Å². The molecule has 0 aliphatic carbocycles. The average molecular weight is 228 g/mol. The van der Waals surface area contributed by atoms with Crippen molar-refractivity contribution in [1.82, 2.24) is 10.2 Å². The smallest absolute Gasteiger partial charge is 0.251 e. The molecule has 1 fully saturated rings.